The van der Waals surface area contributed by atoms with Crippen molar-refractivity contribution in [2.24, 2.45) is 11.0 Å². The minimum Gasteiger partial charge on any atom is -0.326 e. The number of hydrazone groups is 1. The first-order valence-electron chi connectivity index (χ1n) is 8.31. The van der Waals surface area contributed by atoms with E-state index in [9.17, 15) is 4.79 Å². The van der Waals surface area contributed by atoms with Gasteiger partial charge in [0.1, 0.15) is 0 Å². The van der Waals surface area contributed by atoms with Gasteiger partial charge in [0.15, 0.2) is 0 Å². The Labute approximate surface area is 147 Å². The van der Waals surface area contributed by atoms with Crippen LogP contribution in [0.4, 0.5) is 10.8 Å². The van der Waals surface area contributed by atoms with Crippen molar-refractivity contribution in [1.29, 1.82) is 0 Å². The van der Waals surface area contributed by atoms with Crippen LogP contribution in [-0.2, 0) is 4.79 Å². The fourth-order valence-corrected chi connectivity index (χ4v) is 3.30. The second-order valence-electron chi connectivity index (χ2n) is 6.52. The monoisotopic (exact) mass is 346 g/mol. The van der Waals surface area contributed by atoms with Crippen LogP contribution in [0.5, 0.6) is 0 Å². The first kappa shape index (κ1) is 18.4. The third kappa shape index (κ3) is 4.32. The molecule has 0 spiro atoms. The Bertz CT molecular complexity index is 777. The lowest BCUT2D eigenvalue weighted by molar-refractivity contribution is -0.116. The summed E-state index contributed by atoms with van der Waals surface area (Å²) < 4.78 is 1.08. The van der Waals surface area contributed by atoms with E-state index in [1.807, 2.05) is 40.7 Å². The predicted molar refractivity (Wildman–Crippen MR) is 104 cm³/mol. The molecule has 2 rings (SSSR count). The number of hydrogen-bond donors (Lipinski definition) is 2. The number of anilines is 2. The van der Waals surface area contributed by atoms with Gasteiger partial charge in [-0.3, -0.25) is 10.2 Å². The summed E-state index contributed by atoms with van der Waals surface area (Å²) in [5, 5.41) is 8.14. The molecule has 1 heterocycles. The SMILES string of the molecule is CC/C(C)=N/Nc1nc2cc(C)c(NC(=O)CC(C)C)c(C)c2s1. The van der Waals surface area contributed by atoms with Crippen LogP contribution in [0.2, 0.25) is 0 Å². The van der Waals surface area contributed by atoms with Gasteiger partial charge >= 0.3 is 0 Å². The first-order chi connectivity index (χ1) is 11.3. The van der Waals surface area contributed by atoms with E-state index in [4.69, 9.17) is 0 Å². The molecule has 0 radical (unpaired) electrons. The molecule has 0 unspecified atom stereocenters. The van der Waals surface area contributed by atoms with E-state index in [2.05, 4.69) is 27.8 Å². The van der Waals surface area contributed by atoms with E-state index < -0.39 is 0 Å². The molecule has 2 aromatic rings. The minimum absolute atomic E-state index is 0.0570. The van der Waals surface area contributed by atoms with E-state index in [1.54, 1.807) is 11.3 Å². The number of thiazole rings is 1. The molecule has 6 heteroatoms. The number of benzene rings is 1. The lowest BCUT2D eigenvalue weighted by Gasteiger charge is -2.13. The van der Waals surface area contributed by atoms with Gasteiger partial charge in [-0.25, -0.2) is 4.98 Å². The lowest BCUT2D eigenvalue weighted by Crippen LogP contribution is -2.15. The van der Waals surface area contributed by atoms with Crippen LogP contribution in [0.25, 0.3) is 10.2 Å². The summed E-state index contributed by atoms with van der Waals surface area (Å²) in [6, 6.07) is 2.02. The molecule has 1 amide bonds. The Balaban J connectivity index is 2.33. The molecule has 0 fully saturated rings. The molecule has 0 atom stereocenters. The van der Waals surface area contributed by atoms with Crippen molar-refractivity contribution in [3.63, 3.8) is 0 Å². The van der Waals surface area contributed by atoms with Crippen molar-refractivity contribution in [3.8, 4) is 0 Å². The zero-order valence-electron chi connectivity index (χ0n) is 15.3. The molecule has 130 valence electrons. The third-order valence-electron chi connectivity index (χ3n) is 3.83. The third-order valence-corrected chi connectivity index (χ3v) is 4.92. The first-order valence-corrected chi connectivity index (χ1v) is 9.13. The van der Waals surface area contributed by atoms with E-state index in [-0.39, 0.29) is 5.91 Å². The summed E-state index contributed by atoms with van der Waals surface area (Å²) in [5.41, 5.74) is 7.98. The molecule has 24 heavy (non-hydrogen) atoms. The standard InChI is InChI=1S/C18H26N4OS/c1-7-12(5)21-22-18-19-14-9-11(4)16(13(6)17(14)24-18)20-15(23)8-10(2)3/h9-10H,7-8H2,1-6H3,(H,19,22)(H,20,23)/b21-12+. The summed E-state index contributed by atoms with van der Waals surface area (Å²) >= 11 is 1.56. The highest BCUT2D eigenvalue weighted by atomic mass is 32.1. The second-order valence-corrected chi connectivity index (χ2v) is 7.52. The van der Waals surface area contributed by atoms with Crippen molar-refractivity contribution < 1.29 is 4.79 Å². The summed E-state index contributed by atoms with van der Waals surface area (Å²) in [6.45, 7) is 12.2. The van der Waals surface area contributed by atoms with Crippen LogP contribution in [0, 0.1) is 19.8 Å². The molecular formula is C18H26N4OS. The van der Waals surface area contributed by atoms with Gasteiger partial charge in [-0.2, -0.15) is 5.10 Å². The molecule has 0 saturated carbocycles. The fourth-order valence-electron chi connectivity index (χ4n) is 2.41. The largest absolute Gasteiger partial charge is 0.326 e. The van der Waals surface area contributed by atoms with E-state index in [0.717, 1.165) is 44.3 Å². The lowest BCUT2D eigenvalue weighted by atomic mass is 10.1. The second kappa shape index (κ2) is 7.75. The zero-order valence-corrected chi connectivity index (χ0v) is 16.1. The Kier molecular flexibility index (Phi) is 5.94. The molecule has 1 aromatic heterocycles. The minimum atomic E-state index is 0.0570. The van der Waals surface area contributed by atoms with Crippen LogP contribution in [0.3, 0.4) is 0 Å². The molecule has 0 aliphatic carbocycles. The van der Waals surface area contributed by atoms with Crippen molar-refractivity contribution in [1.82, 2.24) is 4.98 Å². The smallest absolute Gasteiger partial charge is 0.224 e. The highest BCUT2D eigenvalue weighted by Crippen LogP contribution is 2.35. The number of carbonyl (C=O) groups is 1. The Morgan fingerprint density at radius 3 is 2.71 bits per heavy atom. The number of amides is 1. The zero-order chi connectivity index (χ0) is 17.9. The maximum atomic E-state index is 12.1. The van der Waals surface area contributed by atoms with Crippen molar-refractivity contribution in [2.45, 2.75) is 54.4 Å². The average molecular weight is 347 g/mol. The highest BCUT2D eigenvalue weighted by Gasteiger charge is 2.15. The van der Waals surface area contributed by atoms with Gasteiger partial charge in [0.25, 0.3) is 0 Å². The van der Waals surface area contributed by atoms with E-state index >= 15 is 0 Å². The van der Waals surface area contributed by atoms with Gasteiger partial charge in [-0.1, -0.05) is 32.1 Å². The molecule has 0 bridgehead atoms. The number of aromatic nitrogens is 1. The summed E-state index contributed by atoms with van der Waals surface area (Å²) in [6.07, 6.45) is 1.43. The summed E-state index contributed by atoms with van der Waals surface area (Å²) in [5.74, 6) is 0.398. The number of hydrogen-bond acceptors (Lipinski definition) is 5. The molecule has 1 aromatic carbocycles. The molecule has 2 N–H and O–H groups in total. The van der Waals surface area contributed by atoms with Crippen LogP contribution in [0.1, 0.15) is 51.7 Å². The van der Waals surface area contributed by atoms with Gasteiger partial charge in [0.2, 0.25) is 11.0 Å². The topological polar surface area (TPSA) is 66.4 Å². The molecule has 0 aliphatic rings. The maximum Gasteiger partial charge on any atom is 0.224 e. The predicted octanol–water partition coefficient (Wildman–Crippen LogP) is 5.10. The average Bonchev–Trinajstić information content (AvgIpc) is 2.91. The maximum absolute atomic E-state index is 12.1. The van der Waals surface area contributed by atoms with E-state index in [0.29, 0.717) is 12.3 Å². The van der Waals surface area contributed by atoms with Crippen LogP contribution >= 0.6 is 11.3 Å². The van der Waals surface area contributed by atoms with Crippen molar-refractivity contribution in [2.75, 3.05) is 10.7 Å². The van der Waals surface area contributed by atoms with Gasteiger partial charge in [0, 0.05) is 17.8 Å². The normalized spacial score (nSPS) is 12.0. The van der Waals surface area contributed by atoms with Gasteiger partial charge < -0.3 is 5.32 Å². The van der Waals surface area contributed by atoms with Gasteiger partial charge in [-0.05, 0) is 50.3 Å². The molecule has 5 nitrogen and oxygen atoms in total. The number of carbonyl (C=O) groups excluding carboxylic acids is 1. The molecule has 0 aliphatic heterocycles. The Morgan fingerprint density at radius 1 is 1.38 bits per heavy atom. The van der Waals surface area contributed by atoms with Crippen LogP contribution in [-0.4, -0.2) is 16.6 Å². The highest BCUT2D eigenvalue weighted by molar-refractivity contribution is 7.22. The number of nitrogens with zero attached hydrogens (tertiary/aromatic N) is 2. The van der Waals surface area contributed by atoms with Gasteiger partial charge in [0.05, 0.1) is 10.2 Å². The van der Waals surface area contributed by atoms with Crippen LogP contribution < -0.4 is 10.7 Å². The number of fused-ring (bicyclic) bond motifs is 1. The van der Waals surface area contributed by atoms with Crippen molar-refractivity contribution in [3.05, 3.63) is 17.2 Å². The number of nitrogens with one attached hydrogen (secondary N) is 2. The fraction of sp³-hybridized carbons (Fsp3) is 0.500. The number of aryl methyl sites for hydroxylation is 2. The van der Waals surface area contributed by atoms with E-state index in [1.165, 1.54) is 0 Å². The van der Waals surface area contributed by atoms with Crippen LogP contribution in [0.15, 0.2) is 11.2 Å². The summed E-state index contributed by atoms with van der Waals surface area (Å²) in [4.78, 5) is 16.7. The molecular weight excluding hydrogens is 320 g/mol. The Hall–Kier alpha value is -1.95. The molecule has 0 saturated heterocycles. The number of rotatable bonds is 6. The quantitative estimate of drug-likeness (QED) is 0.565. The Morgan fingerprint density at radius 2 is 2.08 bits per heavy atom. The van der Waals surface area contributed by atoms with Crippen molar-refractivity contribution >= 4 is 44.0 Å². The summed E-state index contributed by atoms with van der Waals surface area (Å²) in [7, 11) is 0. The van der Waals surface area contributed by atoms with Gasteiger partial charge in [-0.15, -0.1) is 0 Å².